The molecular formula is C38H64N4O58S9. The van der Waals surface area contributed by atoms with Crippen LogP contribution in [0.3, 0.4) is 0 Å². The van der Waals surface area contributed by atoms with E-state index in [1.165, 1.54) is 9.44 Å². The molecule has 6 aliphatic rings. The largest absolute Gasteiger partial charge is 0.479 e. The van der Waals surface area contributed by atoms with Crippen LogP contribution in [-0.2, 0) is 190 Å². The average molecular weight is 1790 g/mol. The minimum absolute atomic E-state index is 0.466. The average Bonchev–Trinajstić information content (AvgIpc) is 0.763. The highest BCUT2D eigenvalue weighted by Gasteiger charge is 2.63. The van der Waals surface area contributed by atoms with E-state index in [9.17, 15) is 178 Å². The predicted octanol–water partition coefficient (Wildman–Crippen LogP) is -16.7. The third-order valence-electron chi connectivity index (χ3n) is 14.9. The van der Waals surface area contributed by atoms with Crippen LogP contribution in [0.25, 0.3) is 0 Å². The number of carbonyl (C=O) groups is 3. The number of nitrogens with one attached hydrogen (secondary N) is 3. The molecule has 0 aromatic carbocycles. The molecule has 6 aliphatic heterocycles. The van der Waals surface area contributed by atoms with E-state index >= 15 is 0 Å². The lowest BCUT2D eigenvalue weighted by molar-refractivity contribution is -0.375. The molecule has 0 aliphatic carbocycles. The Hall–Kier alpha value is -3.56. The summed E-state index contributed by atoms with van der Waals surface area (Å²) in [5, 5.41) is 111. The van der Waals surface area contributed by atoms with Crippen molar-refractivity contribution in [3.63, 3.8) is 0 Å². The van der Waals surface area contributed by atoms with Crippen molar-refractivity contribution >= 4 is 111 Å². The van der Waals surface area contributed by atoms with E-state index in [1.807, 2.05) is 0 Å². The number of ether oxygens (including phenoxy) is 12. The van der Waals surface area contributed by atoms with Gasteiger partial charge in [0.15, 0.2) is 74.4 Å². The van der Waals surface area contributed by atoms with Gasteiger partial charge in [0.05, 0.1) is 26.4 Å². The van der Waals surface area contributed by atoms with Gasteiger partial charge in [0.2, 0.25) is 0 Å². The van der Waals surface area contributed by atoms with Crippen LogP contribution in [0.5, 0.6) is 0 Å². The topological polar surface area (TPSA) is 971 Å². The summed E-state index contributed by atoms with van der Waals surface area (Å²) in [5.74, 6) is -7.35. The molecule has 6 rings (SSSR count). The van der Waals surface area contributed by atoms with E-state index in [1.54, 1.807) is 0 Å². The molecule has 0 spiro atoms. The molecular weight excluding hydrogens is 1730 g/mol. The van der Waals surface area contributed by atoms with Gasteiger partial charge in [-0.3, -0.25) is 41.0 Å². The van der Waals surface area contributed by atoms with Crippen LogP contribution in [0.15, 0.2) is 0 Å². The minimum atomic E-state index is -6.34. The molecule has 6 saturated heterocycles. The number of carboxylic acids is 3. The van der Waals surface area contributed by atoms with Gasteiger partial charge < -0.3 is 114 Å². The Kier molecular flexibility index (Phi) is 31.4. The van der Waals surface area contributed by atoms with Crippen molar-refractivity contribution in [2.75, 3.05) is 33.0 Å². The maximum absolute atomic E-state index is 13.2. The summed E-state index contributed by atoms with van der Waals surface area (Å²) >= 11 is 0. The minimum Gasteiger partial charge on any atom is -0.479 e. The van der Waals surface area contributed by atoms with Crippen LogP contribution in [0.1, 0.15) is 0 Å². The van der Waals surface area contributed by atoms with Crippen molar-refractivity contribution in [3.05, 3.63) is 0 Å². The van der Waals surface area contributed by atoms with Crippen LogP contribution in [0.2, 0.25) is 0 Å². The molecule has 30 atom stereocenters. The molecule has 71 heteroatoms. The highest BCUT2D eigenvalue weighted by molar-refractivity contribution is 7.84. The van der Waals surface area contributed by atoms with E-state index in [-0.39, 0.29) is 0 Å². The van der Waals surface area contributed by atoms with E-state index in [0.717, 1.165) is 4.72 Å². The van der Waals surface area contributed by atoms with Gasteiger partial charge in [0.25, 0.3) is 0 Å². The van der Waals surface area contributed by atoms with E-state index < -0.39 is 328 Å². The first-order chi connectivity index (χ1) is 49.5. The number of aliphatic hydroxyl groups is 7. The Morgan fingerprint density at radius 1 is 0.312 bits per heavy atom. The Balaban J connectivity index is 1.41. The van der Waals surface area contributed by atoms with Crippen molar-refractivity contribution in [2.24, 2.45) is 5.73 Å². The van der Waals surface area contributed by atoms with Crippen molar-refractivity contribution in [3.8, 4) is 0 Å². The fourth-order valence-electron chi connectivity index (χ4n) is 10.8. The summed E-state index contributed by atoms with van der Waals surface area (Å²) < 4.78 is 399. The van der Waals surface area contributed by atoms with Gasteiger partial charge in [0, 0.05) is 6.54 Å². The van der Waals surface area contributed by atoms with E-state index in [4.69, 9.17) is 67.1 Å². The monoisotopic (exact) mass is 1790 g/mol. The molecule has 638 valence electrons. The second kappa shape index (κ2) is 36.3. The van der Waals surface area contributed by atoms with Crippen LogP contribution >= 0.6 is 0 Å². The molecule has 0 aromatic heterocycles. The molecule has 0 aromatic rings. The molecule has 24 N–H and O–H groups in total. The highest BCUT2D eigenvalue weighted by Crippen LogP contribution is 2.40. The fourth-order valence-corrected chi connectivity index (χ4v) is 14.9. The zero-order chi connectivity index (χ0) is 82.9. The van der Waals surface area contributed by atoms with Crippen molar-refractivity contribution < 1.29 is 264 Å². The van der Waals surface area contributed by atoms with Crippen LogP contribution in [-0.4, -0.2) is 403 Å². The zero-order valence-corrected chi connectivity index (χ0v) is 59.9. The van der Waals surface area contributed by atoms with Crippen LogP contribution in [0, 0.1) is 0 Å². The highest BCUT2D eigenvalue weighted by atomic mass is 32.3. The van der Waals surface area contributed by atoms with E-state index in [0.29, 0.717) is 0 Å². The summed E-state index contributed by atoms with van der Waals surface area (Å²) in [5.41, 5.74) is 5.34. The molecule has 62 nitrogen and oxygen atoms in total. The molecule has 6 heterocycles. The summed E-state index contributed by atoms with van der Waals surface area (Å²) in [6.07, 6.45) is -81.6. The first-order valence-electron chi connectivity index (χ1n) is 28.5. The lowest BCUT2D eigenvalue weighted by Gasteiger charge is -2.50. The third kappa shape index (κ3) is 27.3. The van der Waals surface area contributed by atoms with Gasteiger partial charge >= 0.3 is 111 Å². The van der Waals surface area contributed by atoms with Gasteiger partial charge in [-0.1, -0.05) is 0 Å². The van der Waals surface area contributed by atoms with Gasteiger partial charge in [-0.25, -0.2) is 39.5 Å². The molecule has 6 fully saturated rings. The number of carboxylic acid groups (broad SMARTS) is 3. The lowest BCUT2D eigenvalue weighted by Crippen LogP contribution is -2.71. The molecule has 0 saturated carbocycles. The van der Waals surface area contributed by atoms with Gasteiger partial charge in [0.1, 0.15) is 110 Å². The molecule has 0 bridgehead atoms. The zero-order valence-electron chi connectivity index (χ0n) is 52.5. The number of hydrogen-bond acceptors (Lipinski definition) is 47. The van der Waals surface area contributed by atoms with Crippen molar-refractivity contribution in [1.29, 1.82) is 0 Å². The first kappa shape index (κ1) is 94.3. The summed E-state index contributed by atoms with van der Waals surface area (Å²) in [6, 6.07) is -8.86. The maximum Gasteiger partial charge on any atom is 0.397 e. The SMILES string of the molecule is NCCO[C@@H]1O[C@@H](C(=O)O)[C@@H](O[C@H]2O[C@H](COS(=O)(=O)O)[C@@H](O[C@@H]3O[C@@H](C(=O)O)[C@@H](O[C@H]4O[C@H](COS(=O)(=O)O)[C@@H](O[C@@H]5O[C@@H](C(=O)O)[C@@H](O[C@H]6O[C@H](COS(=O)(=O)O)[C@@H](O)[C@H](O)[C@H]6NS(=O)(=O)O)[C@H](O)[C@H]5OS(=O)(=O)O)[C@H](O)[C@H]4NS(=O)(=O)O)[C@H](O)[C@H]3OS(=O)(=O)O)[C@H](O)[C@H]2NS(=O)(=O)O)[C@H](O)[C@H]1OS(=O)(=O)O. The fraction of sp³-hybridized carbons (Fsp3) is 0.921. The molecule has 0 unspecified atom stereocenters. The first-order valence-corrected chi connectivity index (χ1v) is 41.0. The number of nitrogens with two attached hydrogens (primary N) is 1. The summed E-state index contributed by atoms with van der Waals surface area (Å²) in [6.45, 7) is -6.67. The summed E-state index contributed by atoms with van der Waals surface area (Å²) in [7, 11) is -53.5. The summed E-state index contributed by atoms with van der Waals surface area (Å²) in [4.78, 5) is 38.8. The smallest absolute Gasteiger partial charge is 0.397 e. The molecule has 0 radical (unpaired) electrons. The maximum atomic E-state index is 13.2. The second-order valence-corrected chi connectivity index (χ2v) is 32.4. The number of aliphatic carboxylic acids is 3. The Labute approximate surface area is 609 Å². The lowest BCUT2D eigenvalue weighted by atomic mass is 9.94. The van der Waals surface area contributed by atoms with Crippen molar-refractivity contribution in [1.82, 2.24) is 14.2 Å². The van der Waals surface area contributed by atoms with Crippen LogP contribution < -0.4 is 19.9 Å². The molecule has 109 heavy (non-hydrogen) atoms. The van der Waals surface area contributed by atoms with Crippen LogP contribution in [0.4, 0.5) is 0 Å². The quantitative estimate of drug-likeness (QED) is 0.0257. The number of hydrogen-bond donors (Lipinski definition) is 23. The molecule has 0 amide bonds. The normalized spacial score (nSPS) is 38.6. The van der Waals surface area contributed by atoms with Gasteiger partial charge in [-0.05, 0) is 0 Å². The Morgan fingerprint density at radius 2 is 0.569 bits per heavy atom. The Morgan fingerprint density at radius 3 is 0.835 bits per heavy atom. The number of rotatable bonds is 37. The van der Waals surface area contributed by atoms with Crippen molar-refractivity contribution in [2.45, 2.75) is 184 Å². The number of aliphatic hydroxyl groups excluding tert-OH is 7. The second-order valence-electron chi connectivity index (χ2n) is 22.5. The van der Waals surface area contributed by atoms with Gasteiger partial charge in [-0.15, -0.1) is 0 Å². The van der Waals surface area contributed by atoms with Gasteiger partial charge in [-0.2, -0.15) is 89.9 Å². The van der Waals surface area contributed by atoms with E-state index in [2.05, 4.69) is 25.1 Å². The Bertz CT molecular complexity index is 4250. The third-order valence-corrected chi connectivity index (χ3v) is 19.3. The predicted molar refractivity (Wildman–Crippen MR) is 313 cm³/mol. The standard InChI is InChI=1S/C38H64N4O58S9/c39-1-2-83-36-24(98-107(74,75)76)16(47)21(27(95-36)30(50)51)93-34-10(41-102(59,60)61)14(45)19(7(88-34)4-85-105(68,69)70)91-38-26(100-109(80,81)82)18(49)23(29(97-38)32(54)55)94-35-11(42-103(62,63)64)15(46)20(8(89-35)5-86-106(71,72)73)90-37-25(99-108(77,78)79)17(48)22(28(96-37)31(52)53)92-33-9(40-101(56,57)58)13(44)12(43)6(87-33)3-84-104(65,66)67/h6-29,33-38,40-49H,1-5,39H2,(H,50,51)(H,52,53)(H,54,55)(H,56,57,58)(H,59,60,61)(H,62,63,64)(H,65,66,67)(H,68,69,70)(H,71,72,73)(H,74,75,76)(H,77,78,79)(H,80,81,82)/t6-,7-,8-,9-,10-,11-,12-,13-,14-,15-,16+,17+,18+,19-,20-,21+,22+,23+,24-,25-,26-,27-,28-,29-,33-,34-,35-,36-,37-,38-/m1/s1.